The largest absolute Gasteiger partial charge is 0.481 e. The van der Waals surface area contributed by atoms with Crippen LogP contribution in [0.3, 0.4) is 0 Å². The Morgan fingerprint density at radius 2 is 0.659 bits per heavy atom. The molecule has 0 aliphatic heterocycles. The molecule has 0 bridgehead atoms. The van der Waals surface area contributed by atoms with Gasteiger partial charge < -0.3 is 21.3 Å². The maximum atomic E-state index is 10.5. The van der Waals surface area contributed by atoms with Crippen LogP contribution in [0.4, 0.5) is 0 Å². The highest BCUT2D eigenvalue weighted by molar-refractivity contribution is 5.66. The Bertz CT molecular complexity index is 601. The Morgan fingerprint density at radius 3 is 0.932 bits per heavy atom. The van der Waals surface area contributed by atoms with E-state index in [1.165, 1.54) is 173 Å². The second-order valence-electron chi connectivity index (χ2n) is 13.6. The van der Waals surface area contributed by atoms with Crippen molar-refractivity contribution in [2.24, 2.45) is 5.73 Å². The number of rotatable bonds is 38. The summed E-state index contributed by atoms with van der Waals surface area (Å²) in [5.41, 5.74) is 6.03. The molecule has 6 heteroatoms. The second kappa shape index (κ2) is 36.3. The van der Waals surface area contributed by atoms with Gasteiger partial charge in [-0.2, -0.15) is 0 Å². The van der Waals surface area contributed by atoms with E-state index < -0.39 is 11.9 Å². The predicted molar refractivity (Wildman–Crippen MR) is 188 cm³/mol. The third kappa shape index (κ3) is 37.0. The zero-order chi connectivity index (χ0) is 32.2. The molecule has 0 aliphatic carbocycles. The Hall–Kier alpha value is -1.14. The number of carboxylic acid groups (broad SMARTS) is 2. The summed E-state index contributed by atoms with van der Waals surface area (Å²) in [6.45, 7) is 1.88. The van der Waals surface area contributed by atoms with E-state index in [4.69, 9.17) is 15.9 Å². The molecular weight excluding hydrogens is 548 g/mol. The van der Waals surface area contributed by atoms with Gasteiger partial charge in [0.25, 0.3) is 0 Å². The first kappa shape index (κ1) is 42.9. The van der Waals surface area contributed by atoms with Crippen LogP contribution in [0.25, 0.3) is 0 Å². The fourth-order valence-corrected chi connectivity index (χ4v) is 6.27. The van der Waals surface area contributed by atoms with E-state index in [9.17, 15) is 9.59 Å². The highest BCUT2D eigenvalue weighted by Gasteiger charge is 2.05. The van der Waals surface area contributed by atoms with Crippen molar-refractivity contribution in [3.8, 4) is 0 Å². The number of hydrogen-bond donors (Lipinski definition) is 4. The van der Waals surface area contributed by atoms with Gasteiger partial charge in [-0.05, 0) is 32.2 Å². The van der Waals surface area contributed by atoms with Crippen molar-refractivity contribution in [3.05, 3.63) is 0 Å². The van der Waals surface area contributed by atoms with Gasteiger partial charge >= 0.3 is 11.9 Å². The average Bonchev–Trinajstić information content (AvgIpc) is 3.00. The van der Waals surface area contributed by atoms with Crippen LogP contribution in [0.2, 0.25) is 0 Å². The molecule has 0 aromatic heterocycles. The molecule has 0 aromatic rings. The van der Waals surface area contributed by atoms with Crippen LogP contribution in [-0.2, 0) is 9.59 Å². The van der Waals surface area contributed by atoms with Gasteiger partial charge in [0.15, 0.2) is 0 Å². The first-order valence-electron chi connectivity index (χ1n) is 19.4. The van der Waals surface area contributed by atoms with Crippen molar-refractivity contribution in [2.75, 3.05) is 13.1 Å². The molecule has 0 saturated heterocycles. The van der Waals surface area contributed by atoms with Gasteiger partial charge in [0.2, 0.25) is 0 Å². The molecule has 0 spiro atoms. The van der Waals surface area contributed by atoms with Crippen LogP contribution in [0, 0.1) is 0 Å². The minimum Gasteiger partial charge on any atom is -0.481 e. The van der Waals surface area contributed by atoms with Gasteiger partial charge in [-0.25, -0.2) is 0 Å². The minimum atomic E-state index is -0.660. The molecular formula is C38H76N2O4. The predicted octanol–water partition coefficient (Wildman–Crippen LogP) is 10.9. The van der Waals surface area contributed by atoms with Crippen LogP contribution in [0.1, 0.15) is 212 Å². The van der Waals surface area contributed by atoms with Gasteiger partial charge in [-0.3, -0.25) is 9.59 Å². The molecule has 0 fully saturated rings. The fraction of sp³-hybridized carbons (Fsp3) is 0.947. The summed E-state index contributed by atoms with van der Waals surface area (Å²) in [5, 5.41) is 21.0. The molecule has 0 aliphatic rings. The molecule has 1 atom stereocenters. The van der Waals surface area contributed by atoms with Crippen LogP contribution in [-0.4, -0.2) is 41.3 Å². The Balaban J connectivity index is 3.26. The number of nitrogens with two attached hydrogens (primary N) is 1. The van der Waals surface area contributed by atoms with Crippen molar-refractivity contribution in [3.63, 3.8) is 0 Å². The van der Waals surface area contributed by atoms with E-state index in [1.807, 2.05) is 0 Å². The lowest BCUT2D eigenvalue weighted by atomic mass is 10.0. The molecule has 0 rings (SSSR count). The number of aliphatic carboxylic acids is 2. The summed E-state index contributed by atoms with van der Waals surface area (Å²) in [6.07, 6.45) is 40.6. The Morgan fingerprint density at radius 1 is 0.409 bits per heavy atom. The lowest BCUT2D eigenvalue weighted by Crippen LogP contribution is -2.36. The second-order valence-corrected chi connectivity index (χ2v) is 13.6. The molecule has 6 nitrogen and oxygen atoms in total. The summed E-state index contributed by atoms with van der Waals surface area (Å²) in [6, 6.07) is 0.497. The van der Waals surface area contributed by atoms with E-state index in [2.05, 4.69) is 5.32 Å². The summed E-state index contributed by atoms with van der Waals surface area (Å²) in [4.78, 5) is 21.0. The number of carbonyl (C=O) groups is 2. The van der Waals surface area contributed by atoms with Crippen LogP contribution in [0.5, 0.6) is 0 Å². The number of nitrogens with one attached hydrogen (secondary N) is 1. The molecule has 0 amide bonds. The van der Waals surface area contributed by atoms with E-state index in [0.29, 0.717) is 18.9 Å². The normalized spacial score (nSPS) is 12.1. The van der Waals surface area contributed by atoms with E-state index in [1.54, 1.807) is 0 Å². The lowest BCUT2D eigenvalue weighted by Gasteiger charge is -2.16. The van der Waals surface area contributed by atoms with Crippen molar-refractivity contribution in [1.82, 2.24) is 5.32 Å². The van der Waals surface area contributed by atoms with Gasteiger partial charge in [0.05, 0.1) is 0 Å². The van der Waals surface area contributed by atoms with Crippen LogP contribution in [0.15, 0.2) is 0 Å². The Kier molecular flexibility index (Phi) is 35.4. The summed E-state index contributed by atoms with van der Waals surface area (Å²) in [7, 11) is 0. The van der Waals surface area contributed by atoms with Gasteiger partial charge in [-0.1, -0.05) is 173 Å². The van der Waals surface area contributed by atoms with E-state index >= 15 is 0 Å². The van der Waals surface area contributed by atoms with E-state index in [-0.39, 0.29) is 0 Å². The topological polar surface area (TPSA) is 113 Å². The summed E-state index contributed by atoms with van der Waals surface area (Å²) < 4.78 is 0. The molecule has 44 heavy (non-hydrogen) atoms. The SMILES string of the molecule is NCC(CCCCCCCCCCCCCCCCCC(=O)O)NCCCCCCCCCCCCCCCCCC(=O)O. The quantitative estimate of drug-likeness (QED) is 0.0508. The fourth-order valence-electron chi connectivity index (χ4n) is 6.27. The zero-order valence-electron chi connectivity index (χ0n) is 29.1. The standard InChI is InChI=1S/C38H76N2O4/c39-35-36(31-27-23-19-15-11-7-3-1-4-8-12-16-20-24-28-32-37(41)42)40-34-30-26-22-18-14-10-6-2-5-9-13-17-21-25-29-33-38(43)44/h36,40H,1-35,39H2,(H,41,42)(H,43,44). The first-order chi connectivity index (χ1) is 21.6. The lowest BCUT2D eigenvalue weighted by molar-refractivity contribution is -0.138. The van der Waals surface area contributed by atoms with Gasteiger partial charge in [0, 0.05) is 25.4 Å². The third-order valence-corrected chi connectivity index (χ3v) is 9.23. The molecule has 5 N–H and O–H groups in total. The molecule has 262 valence electrons. The Labute approximate surface area is 273 Å². The monoisotopic (exact) mass is 625 g/mol. The molecule has 0 radical (unpaired) electrons. The molecule has 0 heterocycles. The number of unbranched alkanes of at least 4 members (excludes halogenated alkanes) is 28. The van der Waals surface area contributed by atoms with Crippen LogP contribution < -0.4 is 11.1 Å². The van der Waals surface area contributed by atoms with Crippen LogP contribution >= 0.6 is 0 Å². The van der Waals surface area contributed by atoms with Gasteiger partial charge in [0.1, 0.15) is 0 Å². The maximum absolute atomic E-state index is 10.5. The minimum absolute atomic E-state index is 0.332. The zero-order valence-corrected chi connectivity index (χ0v) is 29.1. The average molecular weight is 625 g/mol. The van der Waals surface area contributed by atoms with Crippen molar-refractivity contribution >= 4 is 11.9 Å². The molecule has 0 saturated carbocycles. The highest BCUT2D eigenvalue weighted by atomic mass is 16.4. The third-order valence-electron chi connectivity index (χ3n) is 9.23. The molecule has 0 aromatic carbocycles. The number of hydrogen-bond acceptors (Lipinski definition) is 4. The van der Waals surface area contributed by atoms with Crippen molar-refractivity contribution in [1.29, 1.82) is 0 Å². The van der Waals surface area contributed by atoms with E-state index in [0.717, 1.165) is 38.8 Å². The highest BCUT2D eigenvalue weighted by Crippen LogP contribution is 2.16. The summed E-state index contributed by atoms with van der Waals surface area (Å²) >= 11 is 0. The van der Waals surface area contributed by atoms with Gasteiger partial charge in [-0.15, -0.1) is 0 Å². The van der Waals surface area contributed by atoms with Crippen molar-refractivity contribution in [2.45, 2.75) is 218 Å². The first-order valence-corrected chi connectivity index (χ1v) is 19.4. The molecule has 1 unspecified atom stereocenters. The number of carboxylic acids is 2. The summed E-state index contributed by atoms with van der Waals surface area (Å²) in [5.74, 6) is -1.32. The van der Waals surface area contributed by atoms with Crippen molar-refractivity contribution < 1.29 is 19.8 Å². The smallest absolute Gasteiger partial charge is 0.303 e. The maximum Gasteiger partial charge on any atom is 0.303 e.